The molecule has 23 heavy (non-hydrogen) atoms. The minimum absolute atomic E-state index is 0.0573. The van der Waals surface area contributed by atoms with Gasteiger partial charge in [0.1, 0.15) is 0 Å². The first-order valence-electron chi connectivity index (χ1n) is 7.59. The van der Waals surface area contributed by atoms with Crippen molar-refractivity contribution in [3.63, 3.8) is 0 Å². The third-order valence-corrected chi connectivity index (χ3v) is 6.27. The van der Waals surface area contributed by atoms with Crippen molar-refractivity contribution in [3.05, 3.63) is 64.7 Å². The fraction of sp³-hybridized carbons (Fsp3) is 0.278. The van der Waals surface area contributed by atoms with E-state index < -0.39 is 9.84 Å². The van der Waals surface area contributed by atoms with Gasteiger partial charge in [0, 0.05) is 5.56 Å². The van der Waals surface area contributed by atoms with E-state index in [0.717, 1.165) is 11.1 Å². The summed E-state index contributed by atoms with van der Waals surface area (Å²) in [7, 11) is -3.24. The number of amides is 1. The Kier molecular flexibility index (Phi) is 3.98. The van der Waals surface area contributed by atoms with Crippen LogP contribution in [0.25, 0.3) is 0 Å². The second-order valence-electron chi connectivity index (χ2n) is 5.92. The predicted octanol–water partition coefficient (Wildman–Crippen LogP) is 2.95. The molecule has 120 valence electrons. The van der Waals surface area contributed by atoms with Crippen molar-refractivity contribution >= 4 is 15.7 Å². The molecule has 0 aromatic heterocycles. The topological polar surface area (TPSA) is 63.2 Å². The lowest BCUT2D eigenvalue weighted by molar-refractivity contribution is 0.0934. The standard InChI is InChI=1S/C18H19NO3S/c1-12-6-5-8-14(13(12)2)18(20)19-16-10-11-23(21,22)17-9-4-3-7-15(16)17/h3-9,16H,10-11H2,1-2H3,(H,19,20). The Labute approximate surface area is 136 Å². The lowest BCUT2D eigenvalue weighted by Gasteiger charge is -2.26. The molecule has 0 radical (unpaired) electrons. The molecule has 0 spiro atoms. The predicted molar refractivity (Wildman–Crippen MR) is 89.2 cm³/mol. The van der Waals surface area contributed by atoms with E-state index in [2.05, 4.69) is 5.32 Å². The van der Waals surface area contributed by atoms with Crippen molar-refractivity contribution in [1.29, 1.82) is 0 Å². The number of hydrogen-bond donors (Lipinski definition) is 1. The van der Waals surface area contributed by atoms with Crippen molar-refractivity contribution in [1.82, 2.24) is 5.32 Å². The van der Waals surface area contributed by atoms with E-state index in [1.807, 2.05) is 26.0 Å². The first-order valence-corrected chi connectivity index (χ1v) is 9.24. The van der Waals surface area contributed by atoms with Crippen LogP contribution in [0.2, 0.25) is 0 Å². The maximum atomic E-state index is 12.6. The Morgan fingerprint density at radius 2 is 1.83 bits per heavy atom. The van der Waals surface area contributed by atoms with Crippen LogP contribution in [-0.2, 0) is 9.84 Å². The summed E-state index contributed by atoms with van der Waals surface area (Å²) in [5.41, 5.74) is 3.32. The largest absolute Gasteiger partial charge is 0.345 e. The van der Waals surface area contributed by atoms with E-state index >= 15 is 0 Å². The maximum Gasteiger partial charge on any atom is 0.252 e. The van der Waals surface area contributed by atoms with Crippen molar-refractivity contribution in [2.45, 2.75) is 31.2 Å². The van der Waals surface area contributed by atoms with E-state index in [-0.39, 0.29) is 17.7 Å². The molecular weight excluding hydrogens is 310 g/mol. The van der Waals surface area contributed by atoms with E-state index in [9.17, 15) is 13.2 Å². The molecule has 0 saturated carbocycles. The van der Waals surface area contributed by atoms with Gasteiger partial charge in [-0.15, -0.1) is 0 Å². The molecule has 0 aliphatic carbocycles. The highest BCUT2D eigenvalue weighted by atomic mass is 32.2. The molecule has 2 aromatic carbocycles. The summed E-state index contributed by atoms with van der Waals surface area (Å²) >= 11 is 0. The highest BCUT2D eigenvalue weighted by Gasteiger charge is 2.31. The van der Waals surface area contributed by atoms with Gasteiger partial charge in [-0.05, 0) is 49.1 Å². The SMILES string of the molecule is Cc1cccc(C(=O)NC2CCS(=O)(=O)c3ccccc32)c1C. The summed E-state index contributed by atoms with van der Waals surface area (Å²) in [6, 6.07) is 12.2. The highest BCUT2D eigenvalue weighted by molar-refractivity contribution is 7.91. The fourth-order valence-electron chi connectivity index (χ4n) is 2.97. The number of benzene rings is 2. The van der Waals surface area contributed by atoms with E-state index in [1.54, 1.807) is 30.3 Å². The first kappa shape index (κ1) is 15.7. The molecule has 1 atom stereocenters. The maximum absolute atomic E-state index is 12.6. The number of carbonyl (C=O) groups is 1. The van der Waals surface area contributed by atoms with Crippen LogP contribution in [0.5, 0.6) is 0 Å². The normalized spacial score (nSPS) is 19.0. The highest BCUT2D eigenvalue weighted by Crippen LogP contribution is 2.32. The molecule has 1 heterocycles. The average Bonchev–Trinajstić information content (AvgIpc) is 2.53. The second-order valence-corrected chi connectivity index (χ2v) is 8.00. The van der Waals surface area contributed by atoms with Crippen LogP contribution >= 0.6 is 0 Å². The molecule has 1 aliphatic heterocycles. The molecule has 0 bridgehead atoms. The first-order chi connectivity index (χ1) is 10.9. The van der Waals surface area contributed by atoms with Crippen molar-refractivity contribution in [2.24, 2.45) is 0 Å². The Bertz CT molecular complexity index is 872. The number of fused-ring (bicyclic) bond motifs is 1. The van der Waals surface area contributed by atoms with E-state index in [4.69, 9.17) is 0 Å². The number of rotatable bonds is 2. The molecular formula is C18H19NO3S. The zero-order chi connectivity index (χ0) is 16.6. The van der Waals surface area contributed by atoms with Crippen LogP contribution in [0.1, 0.15) is 39.5 Å². The van der Waals surface area contributed by atoms with Gasteiger partial charge in [0.2, 0.25) is 0 Å². The zero-order valence-corrected chi connectivity index (χ0v) is 14.0. The number of nitrogens with one attached hydrogen (secondary N) is 1. The molecule has 1 aliphatic rings. The number of hydrogen-bond acceptors (Lipinski definition) is 3. The van der Waals surface area contributed by atoms with Gasteiger partial charge in [0.25, 0.3) is 5.91 Å². The fourth-order valence-corrected chi connectivity index (χ4v) is 4.59. The number of sulfone groups is 1. The van der Waals surface area contributed by atoms with Gasteiger partial charge >= 0.3 is 0 Å². The van der Waals surface area contributed by atoms with Crippen LogP contribution in [0.3, 0.4) is 0 Å². The minimum atomic E-state index is -3.24. The quantitative estimate of drug-likeness (QED) is 0.921. The van der Waals surface area contributed by atoms with E-state index in [0.29, 0.717) is 22.4 Å². The summed E-state index contributed by atoms with van der Waals surface area (Å²) < 4.78 is 24.3. The van der Waals surface area contributed by atoms with Crippen LogP contribution in [0.4, 0.5) is 0 Å². The molecule has 0 saturated heterocycles. The Balaban J connectivity index is 1.92. The average molecular weight is 329 g/mol. The summed E-state index contributed by atoms with van der Waals surface area (Å²) in [5, 5.41) is 2.99. The summed E-state index contributed by atoms with van der Waals surface area (Å²) in [6.45, 7) is 3.89. The second kappa shape index (κ2) is 5.81. The molecule has 4 nitrogen and oxygen atoms in total. The Hall–Kier alpha value is -2.14. The Morgan fingerprint density at radius 3 is 2.61 bits per heavy atom. The number of carbonyl (C=O) groups excluding carboxylic acids is 1. The minimum Gasteiger partial charge on any atom is -0.345 e. The lowest BCUT2D eigenvalue weighted by Crippen LogP contribution is -2.34. The lowest BCUT2D eigenvalue weighted by atomic mass is 10.0. The molecule has 0 fully saturated rings. The van der Waals surface area contributed by atoms with Gasteiger partial charge in [-0.25, -0.2) is 8.42 Å². The van der Waals surface area contributed by atoms with E-state index in [1.165, 1.54) is 0 Å². The number of aryl methyl sites for hydroxylation is 1. The van der Waals surface area contributed by atoms with Crippen molar-refractivity contribution < 1.29 is 13.2 Å². The van der Waals surface area contributed by atoms with Crippen LogP contribution in [-0.4, -0.2) is 20.1 Å². The van der Waals surface area contributed by atoms with Crippen LogP contribution < -0.4 is 5.32 Å². The summed E-state index contributed by atoms with van der Waals surface area (Å²) in [5.74, 6) is -0.104. The molecule has 1 unspecified atom stereocenters. The zero-order valence-electron chi connectivity index (χ0n) is 13.2. The molecule has 1 amide bonds. The molecule has 3 rings (SSSR count). The monoisotopic (exact) mass is 329 g/mol. The van der Waals surface area contributed by atoms with Crippen LogP contribution in [0.15, 0.2) is 47.4 Å². The van der Waals surface area contributed by atoms with Gasteiger partial charge in [-0.1, -0.05) is 30.3 Å². The van der Waals surface area contributed by atoms with Gasteiger partial charge < -0.3 is 5.32 Å². The molecule has 1 N–H and O–H groups in total. The van der Waals surface area contributed by atoms with Crippen molar-refractivity contribution in [3.8, 4) is 0 Å². The Morgan fingerprint density at radius 1 is 1.09 bits per heavy atom. The third-order valence-electron chi connectivity index (χ3n) is 4.46. The molecule has 2 aromatic rings. The smallest absolute Gasteiger partial charge is 0.252 e. The van der Waals surface area contributed by atoms with Crippen molar-refractivity contribution in [2.75, 3.05) is 5.75 Å². The van der Waals surface area contributed by atoms with Crippen LogP contribution in [0, 0.1) is 13.8 Å². The van der Waals surface area contributed by atoms with Gasteiger partial charge in [-0.2, -0.15) is 0 Å². The van der Waals surface area contributed by atoms with Gasteiger partial charge in [0.15, 0.2) is 9.84 Å². The van der Waals surface area contributed by atoms with Gasteiger partial charge in [0.05, 0.1) is 16.7 Å². The van der Waals surface area contributed by atoms with Gasteiger partial charge in [-0.3, -0.25) is 4.79 Å². The summed E-state index contributed by atoms with van der Waals surface area (Å²) in [6.07, 6.45) is 0.399. The third kappa shape index (κ3) is 2.88. The molecule has 5 heteroatoms. The summed E-state index contributed by atoms with van der Waals surface area (Å²) in [4.78, 5) is 12.9.